The van der Waals surface area contributed by atoms with Gasteiger partial charge < -0.3 is 20.1 Å². The molecule has 0 unspecified atom stereocenters. The lowest BCUT2D eigenvalue weighted by Gasteiger charge is -2.31. The van der Waals surface area contributed by atoms with Crippen molar-refractivity contribution in [3.8, 4) is 0 Å². The molecule has 1 fully saturated rings. The Morgan fingerprint density at radius 3 is 2.50 bits per heavy atom. The Balaban J connectivity index is 1.91. The highest BCUT2D eigenvalue weighted by molar-refractivity contribution is 5.73. The summed E-state index contributed by atoms with van der Waals surface area (Å²) in [6.07, 6.45) is 1.76. The van der Waals surface area contributed by atoms with Gasteiger partial charge in [0.25, 0.3) is 5.95 Å². The van der Waals surface area contributed by atoms with Crippen LogP contribution in [0.5, 0.6) is 0 Å². The van der Waals surface area contributed by atoms with Gasteiger partial charge in [-0.1, -0.05) is 20.8 Å². The maximum Gasteiger partial charge on any atom is 0.314 e. The standard InChI is InChI=1S/C13H23N5O2/c1-13(2,3)10-16-11(17-20-10)18-7-5-9(6-8-18)15-12(19)14-4/h9H,5-8H2,1-4H3,(H2,14,15,19). The van der Waals surface area contributed by atoms with Crippen molar-refractivity contribution in [2.24, 2.45) is 0 Å². The number of carbonyl (C=O) groups excluding carboxylic acids is 1. The number of carbonyl (C=O) groups is 1. The average Bonchev–Trinajstić information content (AvgIpc) is 2.89. The third kappa shape index (κ3) is 3.40. The third-order valence-corrected chi connectivity index (χ3v) is 3.40. The number of hydrogen-bond donors (Lipinski definition) is 2. The van der Waals surface area contributed by atoms with E-state index in [4.69, 9.17) is 4.52 Å². The van der Waals surface area contributed by atoms with Gasteiger partial charge in [-0.2, -0.15) is 4.98 Å². The van der Waals surface area contributed by atoms with Gasteiger partial charge in [0.2, 0.25) is 5.89 Å². The van der Waals surface area contributed by atoms with E-state index in [0.29, 0.717) is 11.8 Å². The second-order valence-corrected chi connectivity index (χ2v) is 6.13. The van der Waals surface area contributed by atoms with Gasteiger partial charge in [-0.3, -0.25) is 0 Å². The third-order valence-electron chi connectivity index (χ3n) is 3.40. The highest BCUT2D eigenvalue weighted by atomic mass is 16.5. The van der Waals surface area contributed by atoms with E-state index in [1.807, 2.05) is 20.8 Å². The van der Waals surface area contributed by atoms with Crippen molar-refractivity contribution in [2.75, 3.05) is 25.0 Å². The van der Waals surface area contributed by atoms with E-state index >= 15 is 0 Å². The van der Waals surface area contributed by atoms with Crippen LogP contribution < -0.4 is 15.5 Å². The molecular formula is C13H23N5O2. The second kappa shape index (κ2) is 5.68. The fourth-order valence-electron chi connectivity index (χ4n) is 2.13. The van der Waals surface area contributed by atoms with Gasteiger partial charge in [-0.25, -0.2) is 4.79 Å². The van der Waals surface area contributed by atoms with Crippen LogP contribution in [0.15, 0.2) is 4.52 Å². The number of amides is 2. The Morgan fingerprint density at radius 2 is 2.00 bits per heavy atom. The number of urea groups is 1. The molecule has 1 aliphatic heterocycles. The summed E-state index contributed by atoms with van der Waals surface area (Å²) in [5, 5.41) is 9.55. The van der Waals surface area contributed by atoms with Gasteiger partial charge >= 0.3 is 6.03 Å². The minimum atomic E-state index is -0.135. The maximum atomic E-state index is 11.3. The molecule has 2 heterocycles. The normalized spacial score (nSPS) is 17.1. The molecule has 0 radical (unpaired) electrons. The van der Waals surface area contributed by atoms with E-state index in [9.17, 15) is 4.79 Å². The van der Waals surface area contributed by atoms with Crippen LogP contribution in [-0.2, 0) is 5.41 Å². The summed E-state index contributed by atoms with van der Waals surface area (Å²) in [6, 6.07) is 0.0817. The van der Waals surface area contributed by atoms with Crippen LogP contribution in [0.4, 0.5) is 10.7 Å². The summed E-state index contributed by atoms with van der Waals surface area (Å²) in [5.74, 6) is 1.30. The molecular weight excluding hydrogens is 258 g/mol. The van der Waals surface area contributed by atoms with Gasteiger partial charge in [-0.15, -0.1) is 0 Å². The maximum absolute atomic E-state index is 11.3. The lowest BCUT2D eigenvalue weighted by Crippen LogP contribution is -2.47. The summed E-state index contributed by atoms with van der Waals surface area (Å²) in [5.41, 5.74) is -0.135. The summed E-state index contributed by atoms with van der Waals surface area (Å²) in [6.45, 7) is 7.77. The number of nitrogens with one attached hydrogen (secondary N) is 2. The topological polar surface area (TPSA) is 83.3 Å². The van der Waals surface area contributed by atoms with E-state index in [2.05, 4.69) is 25.7 Å². The summed E-state index contributed by atoms with van der Waals surface area (Å²) < 4.78 is 5.31. The molecule has 1 aromatic heterocycles. The molecule has 0 bridgehead atoms. The molecule has 20 heavy (non-hydrogen) atoms. The van der Waals surface area contributed by atoms with Gasteiger partial charge in [0.05, 0.1) is 0 Å². The van der Waals surface area contributed by atoms with Crippen molar-refractivity contribution in [3.63, 3.8) is 0 Å². The first kappa shape index (κ1) is 14.6. The molecule has 2 rings (SSSR count). The van der Waals surface area contributed by atoms with E-state index in [0.717, 1.165) is 25.9 Å². The van der Waals surface area contributed by atoms with Gasteiger partial charge in [-0.05, 0) is 18.0 Å². The number of nitrogens with zero attached hydrogens (tertiary/aromatic N) is 3. The van der Waals surface area contributed by atoms with Crippen LogP contribution in [0.25, 0.3) is 0 Å². The highest BCUT2D eigenvalue weighted by Gasteiger charge is 2.26. The molecule has 0 atom stereocenters. The average molecular weight is 281 g/mol. The Morgan fingerprint density at radius 1 is 1.35 bits per heavy atom. The van der Waals surface area contributed by atoms with Gasteiger partial charge in [0.15, 0.2) is 0 Å². The number of piperidine rings is 1. The minimum absolute atomic E-state index is 0.127. The van der Waals surface area contributed by atoms with Crippen LogP contribution in [0.1, 0.15) is 39.5 Å². The second-order valence-electron chi connectivity index (χ2n) is 6.13. The van der Waals surface area contributed by atoms with Gasteiger partial charge in [0.1, 0.15) is 0 Å². The van der Waals surface area contributed by atoms with E-state index in [-0.39, 0.29) is 17.5 Å². The lowest BCUT2D eigenvalue weighted by molar-refractivity contribution is 0.236. The summed E-state index contributed by atoms with van der Waals surface area (Å²) >= 11 is 0. The molecule has 2 N–H and O–H groups in total. The number of anilines is 1. The molecule has 0 aliphatic carbocycles. The molecule has 7 nitrogen and oxygen atoms in total. The number of hydrogen-bond acceptors (Lipinski definition) is 5. The minimum Gasteiger partial charge on any atom is -0.341 e. The van der Waals surface area contributed by atoms with Crippen molar-refractivity contribution in [3.05, 3.63) is 5.89 Å². The molecule has 0 aromatic carbocycles. The van der Waals surface area contributed by atoms with Crippen LogP contribution in [0.2, 0.25) is 0 Å². The Labute approximate surface area is 119 Å². The smallest absolute Gasteiger partial charge is 0.314 e. The molecule has 1 aliphatic rings. The first-order valence-corrected chi connectivity index (χ1v) is 6.97. The zero-order valence-corrected chi connectivity index (χ0v) is 12.6. The quantitative estimate of drug-likeness (QED) is 0.853. The first-order valence-electron chi connectivity index (χ1n) is 6.97. The van der Waals surface area contributed by atoms with Gasteiger partial charge in [0, 0.05) is 31.6 Å². The Hall–Kier alpha value is -1.79. The van der Waals surface area contributed by atoms with Crippen LogP contribution >= 0.6 is 0 Å². The van der Waals surface area contributed by atoms with E-state index in [1.165, 1.54) is 0 Å². The predicted molar refractivity (Wildman–Crippen MR) is 75.8 cm³/mol. The highest BCUT2D eigenvalue weighted by Crippen LogP contribution is 2.23. The molecule has 7 heteroatoms. The van der Waals surface area contributed by atoms with E-state index < -0.39 is 0 Å². The van der Waals surface area contributed by atoms with Crippen molar-refractivity contribution in [2.45, 2.75) is 45.1 Å². The molecule has 1 saturated heterocycles. The zero-order chi connectivity index (χ0) is 14.8. The predicted octanol–water partition coefficient (Wildman–Crippen LogP) is 1.26. The number of rotatable bonds is 2. The van der Waals surface area contributed by atoms with Crippen LogP contribution in [0, 0.1) is 0 Å². The summed E-state index contributed by atoms with van der Waals surface area (Å²) in [4.78, 5) is 17.8. The number of aromatic nitrogens is 2. The van der Waals surface area contributed by atoms with Crippen molar-refractivity contribution < 1.29 is 9.32 Å². The van der Waals surface area contributed by atoms with Crippen molar-refractivity contribution >= 4 is 12.0 Å². The molecule has 2 amide bonds. The fraction of sp³-hybridized carbons (Fsp3) is 0.769. The van der Waals surface area contributed by atoms with Crippen molar-refractivity contribution in [1.82, 2.24) is 20.8 Å². The van der Waals surface area contributed by atoms with E-state index in [1.54, 1.807) is 7.05 Å². The SMILES string of the molecule is CNC(=O)NC1CCN(c2noc(C(C)(C)C)n2)CC1. The zero-order valence-electron chi connectivity index (χ0n) is 12.6. The molecule has 0 spiro atoms. The molecule has 112 valence electrons. The van der Waals surface area contributed by atoms with Crippen molar-refractivity contribution in [1.29, 1.82) is 0 Å². The first-order chi connectivity index (χ1) is 9.40. The monoisotopic (exact) mass is 281 g/mol. The summed E-state index contributed by atoms with van der Waals surface area (Å²) in [7, 11) is 1.62. The largest absolute Gasteiger partial charge is 0.341 e. The Kier molecular flexibility index (Phi) is 4.15. The molecule has 0 saturated carbocycles. The fourth-order valence-corrected chi connectivity index (χ4v) is 2.13. The Bertz CT molecular complexity index is 458. The van der Waals surface area contributed by atoms with Crippen LogP contribution in [0.3, 0.4) is 0 Å². The van der Waals surface area contributed by atoms with Crippen LogP contribution in [-0.4, -0.2) is 42.4 Å². The molecule has 1 aromatic rings. The lowest BCUT2D eigenvalue weighted by atomic mass is 9.97.